The van der Waals surface area contributed by atoms with E-state index in [0.717, 1.165) is 11.6 Å². The summed E-state index contributed by atoms with van der Waals surface area (Å²) in [5.74, 6) is 2.43. The predicted molar refractivity (Wildman–Crippen MR) is 68.2 cm³/mol. The molecular formula is C12H20N4O. The quantitative estimate of drug-likeness (QED) is 0.819. The van der Waals surface area contributed by atoms with Crippen LogP contribution >= 0.6 is 0 Å². The van der Waals surface area contributed by atoms with Crippen LogP contribution in [0.25, 0.3) is 0 Å². The van der Waals surface area contributed by atoms with E-state index in [-0.39, 0.29) is 0 Å². The zero-order valence-electron chi connectivity index (χ0n) is 10.5. The van der Waals surface area contributed by atoms with Crippen molar-refractivity contribution in [3.63, 3.8) is 0 Å². The highest BCUT2D eigenvalue weighted by Gasteiger charge is 2.15. The highest BCUT2D eigenvalue weighted by atomic mass is 16.5. The molecule has 1 saturated carbocycles. The highest BCUT2D eigenvalue weighted by molar-refractivity contribution is 5.47. The van der Waals surface area contributed by atoms with Crippen LogP contribution < -0.4 is 10.6 Å². The number of nitrogens with zero attached hydrogens (tertiary/aromatic N) is 2. The Kier molecular flexibility index (Phi) is 4.14. The number of ether oxygens (including phenoxy) is 1. The van der Waals surface area contributed by atoms with Gasteiger partial charge in [-0.1, -0.05) is 12.8 Å². The van der Waals surface area contributed by atoms with Gasteiger partial charge < -0.3 is 15.4 Å². The van der Waals surface area contributed by atoms with Gasteiger partial charge in [0.05, 0.1) is 0 Å². The lowest BCUT2D eigenvalue weighted by atomic mass is 10.2. The fourth-order valence-electron chi connectivity index (χ4n) is 2.17. The zero-order chi connectivity index (χ0) is 12.1. The standard InChI is InChI=1S/C12H20N4O/c1-13-10-7-11(14-9-5-3-4-6-9)16-12(15-10)8-17-2/h7,9H,3-6,8H2,1-2H3,(H2,13,14,15,16). The second kappa shape index (κ2) is 5.82. The maximum Gasteiger partial charge on any atom is 0.158 e. The third-order valence-corrected chi connectivity index (χ3v) is 3.01. The maximum atomic E-state index is 5.07. The molecule has 0 aliphatic heterocycles. The molecule has 0 amide bonds. The Morgan fingerprint density at radius 3 is 2.65 bits per heavy atom. The van der Waals surface area contributed by atoms with E-state index in [4.69, 9.17) is 4.74 Å². The largest absolute Gasteiger partial charge is 0.377 e. The van der Waals surface area contributed by atoms with Crippen LogP contribution in [0.5, 0.6) is 0 Å². The normalized spacial score (nSPS) is 16.1. The number of aromatic nitrogens is 2. The summed E-state index contributed by atoms with van der Waals surface area (Å²) >= 11 is 0. The van der Waals surface area contributed by atoms with Crippen LogP contribution in [0.4, 0.5) is 11.6 Å². The van der Waals surface area contributed by atoms with Crippen LogP contribution in [0.1, 0.15) is 31.5 Å². The molecule has 2 N–H and O–H groups in total. The number of nitrogens with one attached hydrogen (secondary N) is 2. The maximum absolute atomic E-state index is 5.07. The van der Waals surface area contributed by atoms with Crippen molar-refractivity contribution >= 4 is 11.6 Å². The van der Waals surface area contributed by atoms with E-state index in [0.29, 0.717) is 18.5 Å². The molecule has 0 bridgehead atoms. The highest BCUT2D eigenvalue weighted by Crippen LogP contribution is 2.22. The Morgan fingerprint density at radius 1 is 1.29 bits per heavy atom. The van der Waals surface area contributed by atoms with Crippen molar-refractivity contribution < 1.29 is 4.74 Å². The van der Waals surface area contributed by atoms with Gasteiger partial charge >= 0.3 is 0 Å². The Labute approximate surface area is 102 Å². The molecule has 1 heterocycles. The summed E-state index contributed by atoms with van der Waals surface area (Å²) in [5, 5.41) is 6.51. The molecule has 1 aromatic rings. The topological polar surface area (TPSA) is 59.1 Å². The van der Waals surface area contributed by atoms with Gasteiger partial charge in [0, 0.05) is 26.3 Å². The van der Waals surface area contributed by atoms with Crippen molar-refractivity contribution in [3.05, 3.63) is 11.9 Å². The van der Waals surface area contributed by atoms with Crippen molar-refractivity contribution in [2.24, 2.45) is 0 Å². The fraction of sp³-hybridized carbons (Fsp3) is 0.667. The lowest BCUT2D eigenvalue weighted by molar-refractivity contribution is 0.178. The minimum Gasteiger partial charge on any atom is -0.377 e. The number of rotatable bonds is 5. The van der Waals surface area contributed by atoms with Crippen LogP contribution in [0, 0.1) is 0 Å². The summed E-state index contributed by atoms with van der Waals surface area (Å²) in [5.41, 5.74) is 0. The summed E-state index contributed by atoms with van der Waals surface area (Å²) in [6.45, 7) is 0.439. The first-order valence-corrected chi connectivity index (χ1v) is 6.13. The molecule has 0 unspecified atom stereocenters. The lowest BCUT2D eigenvalue weighted by Gasteiger charge is -2.14. The van der Waals surface area contributed by atoms with E-state index < -0.39 is 0 Å². The third-order valence-electron chi connectivity index (χ3n) is 3.01. The van der Waals surface area contributed by atoms with Crippen molar-refractivity contribution in [1.82, 2.24) is 9.97 Å². The molecule has 94 valence electrons. The van der Waals surface area contributed by atoms with E-state index >= 15 is 0 Å². The van der Waals surface area contributed by atoms with Crippen LogP contribution in [0.15, 0.2) is 6.07 Å². The van der Waals surface area contributed by atoms with Gasteiger partial charge in [-0.3, -0.25) is 0 Å². The number of hydrogen-bond acceptors (Lipinski definition) is 5. The first-order chi connectivity index (χ1) is 8.31. The third kappa shape index (κ3) is 3.30. The van der Waals surface area contributed by atoms with Gasteiger partial charge in [0.2, 0.25) is 0 Å². The lowest BCUT2D eigenvalue weighted by Crippen LogP contribution is -2.16. The average molecular weight is 236 g/mol. The van der Waals surface area contributed by atoms with E-state index in [2.05, 4.69) is 20.6 Å². The molecule has 1 aliphatic rings. The van der Waals surface area contributed by atoms with Crippen LogP contribution in [-0.4, -0.2) is 30.2 Å². The average Bonchev–Trinajstić information content (AvgIpc) is 2.82. The molecule has 0 atom stereocenters. The van der Waals surface area contributed by atoms with Crippen LogP contribution in [-0.2, 0) is 11.3 Å². The molecule has 1 aliphatic carbocycles. The van der Waals surface area contributed by atoms with E-state index in [1.165, 1.54) is 25.7 Å². The van der Waals surface area contributed by atoms with E-state index in [1.54, 1.807) is 7.11 Å². The molecular weight excluding hydrogens is 216 g/mol. The summed E-state index contributed by atoms with van der Waals surface area (Å²) < 4.78 is 5.07. The molecule has 5 nitrogen and oxygen atoms in total. The Morgan fingerprint density at radius 2 is 2.00 bits per heavy atom. The zero-order valence-corrected chi connectivity index (χ0v) is 10.5. The predicted octanol–water partition coefficient (Wildman–Crippen LogP) is 2.02. The first-order valence-electron chi connectivity index (χ1n) is 6.13. The van der Waals surface area contributed by atoms with Gasteiger partial charge in [-0.2, -0.15) is 0 Å². The molecule has 0 spiro atoms. The van der Waals surface area contributed by atoms with Crippen LogP contribution in [0.2, 0.25) is 0 Å². The van der Waals surface area contributed by atoms with Crippen molar-refractivity contribution in [3.8, 4) is 0 Å². The summed E-state index contributed by atoms with van der Waals surface area (Å²) in [6, 6.07) is 2.50. The molecule has 1 fully saturated rings. The molecule has 2 rings (SSSR count). The Hall–Kier alpha value is -1.36. The molecule has 0 radical (unpaired) electrons. The second-order valence-electron chi connectivity index (χ2n) is 4.36. The number of methoxy groups -OCH3 is 1. The van der Waals surface area contributed by atoms with Crippen molar-refractivity contribution in [2.75, 3.05) is 24.8 Å². The van der Waals surface area contributed by atoms with Crippen molar-refractivity contribution in [1.29, 1.82) is 0 Å². The summed E-state index contributed by atoms with van der Waals surface area (Å²) in [7, 11) is 3.51. The van der Waals surface area contributed by atoms with Crippen molar-refractivity contribution in [2.45, 2.75) is 38.3 Å². The van der Waals surface area contributed by atoms with Gasteiger partial charge in [-0.15, -0.1) is 0 Å². The monoisotopic (exact) mass is 236 g/mol. The SMILES string of the molecule is CNc1cc(NC2CCCC2)nc(COC)n1. The van der Waals surface area contributed by atoms with Gasteiger partial charge in [0.15, 0.2) is 5.82 Å². The second-order valence-corrected chi connectivity index (χ2v) is 4.36. The summed E-state index contributed by atoms with van der Waals surface area (Å²) in [6.07, 6.45) is 5.09. The minimum atomic E-state index is 0.439. The molecule has 1 aromatic heterocycles. The molecule has 0 saturated heterocycles. The van der Waals surface area contributed by atoms with Gasteiger partial charge in [0.1, 0.15) is 18.2 Å². The van der Waals surface area contributed by atoms with Gasteiger partial charge in [0.25, 0.3) is 0 Å². The Bertz CT molecular complexity index is 364. The molecule has 5 heteroatoms. The van der Waals surface area contributed by atoms with E-state index in [1.807, 2.05) is 13.1 Å². The van der Waals surface area contributed by atoms with Gasteiger partial charge in [-0.05, 0) is 12.8 Å². The molecule has 17 heavy (non-hydrogen) atoms. The van der Waals surface area contributed by atoms with E-state index in [9.17, 15) is 0 Å². The fourth-order valence-corrected chi connectivity index (χ4v) is 2.17. The number of hydrogen-bond donors (Lipinski definition) is 2. The number of anilines is 2. The smallest absolute Gasteiger partial charge is 0.158 e. The first kappa shape index (κ1) is 12.1. The van der Waals surface area contributed by atoms with Crippen LogP contribution in [0.3, 0.4) is 0 Å². The van der Waals surface area contributed by atoms with Gasteiger partial charge in [-0.25, -0.2) is 9.97 Å². The molecule has 0 aromatic carbocycles. The summed E-state index contributed by atoms with van der Waals surface area (Å²) in [4.78, 5) is 8.78. The Balaban J connectivity index is 2.10. The minimum absolute atomic E-state index is 0.439.